The van der Waals surface area contributed by atoms with Crippen LogP contribution in [0, 0.1) is 0 Å². The van der Waals surface area contributed by atoms with Gasteiger partial charge < -0.3 is 0 Å². The van der Waals surface area contributed by atoms with Gasteiger partial charge in [0.15, 0.2) is 0 Å². The lowest BCUT2D eigenvalue weighted by molar-refractivity contribution is 1.06. The number of azide groups is 1. The normalized spacial score (nSPS) is 16.2. The van der Waals surface area contributed by atoms with Crippen molar-refractivity contribution in [1.29, 1.82) is 0 Å². The maximum atomic E-state index is 9.22. The molecule has 0 saturated heterocycles. The molecule has 1 aliphatic rings. The van der Waals surface area contributed by atoms with Crippen LogP contribution in [-0.4, -0.2) is 6.04 Å². The van der Waals surface area contributed by atoms with E-state index in [9.17, 15) is 5.53 Å². The zero-order valence-corrected chi connectivity index (χ0v) is 14.2. The molecule has 0 fully saturated rings. The zero-order valence-electron chi connectivity index (χ0n) is 14.2. The van der Waals surface area contributed by atoms with Gasteiger partial charge in [-0.15, -0.1) is 0 Å². The average molecular weight is 335 g/mol. The van der Waals surface area contributed by atoms with Crippen LogP contribution in [0.2, 0.25) is 0 Å². The summed E-state index contributed by atoms with van der Waals surface area (Å²) in [5, 5.41) is 4.17. The first-order valence-electron chi connectivity index (χ1n) is 8.54. The fraction of sp³-hybridized carbons (Fsp3) is 0.0435. The van der Waals surface area contributed by atoms with Gasteiger partial charge in [-0.2, -0.15) is 0 Å². The van der Waals surface area contributed by atoms with Crippen LogP contribution >= 0.6 is 0 Å². The monoisotopic (exact) mass is 335 g/mol. The van der Waals surface area contributed by atoms with Crippen LogP contribution in [-0.2, 0) is 0 Å². The summed E-state index contributed by atoms with van der Waals surface area (Å²) in [5.41, 5.74) is 15.7. The molecule has 0 bridgehead atoms. The summed E-state index contributed by atoms with van der Waals surface area (Å²) < 4.78 is 0. The SMILES string of the molecule is [N-]=[N+]=NC1C(c2ccccc2)=CC(c2ccccc2)=C1c1ccccc1. The third kappa shape index (κ3) is 2.92. The Morgan fingerprint density at radius 3 is 1.69 bits per heavy atom. The van der Waals surface area contributed by atoms with Crippen molar-refractivity contribution in [2.24, 2.45) is 5.11 Å². The van der Waals surface area contributed by atoms with Crippen molar-refractivity contribution in [1.82, 2.24) is 0 Å². The van der Waals surface area contributed by atoms with Crippen LogP contribution in [0.25, 0.3) is 27.2 Å². The first kappa shape index (κ1) is 15.9. The van der Waals surface area contributed by atoms with Gasteiger partial charge in [0.2, 0.25) is 0 Å². The molecule has 124 valence electrons. The Morgan fingerprint density at radius 2 is 1.15 bits per heavy atom. The van der Waals surface area contributed by atoms with E-state index in [2.05, 4.69) is 52.5 Å². The minimum atomic E-state index is -0.347. The molecule has 1 aliphatic carbocycles. The van der Waals surface area contributed by atoms with Gasteiger partial charge in [-0.25, -0.2) is 0 Å². The molecular weight excluding hydrogens is 318 g/mol. The Labute approximate surface area is 152 Å². The zero-order chi connectivity index (χ0) is 17.8. The summed E-state index contributed by atoms with van der Waals surface area (Å²) >= 11 is 0. The molecule has 0 spiro atoms. The van der Waals surface area contributed by atoms with Gasteiger partial charge in [0, 0.05) is 4.91 Å². The van der Waals surface area contributed by atoms with Gasteiger partial charge in [-0.1, -0.05) is 96.1 Å². The van der Waals surface area contributed by atoms with Crippen LogP contribution in [0.3, 0.4) is 0 Å². The average Bonchev–Trinajstić information content (AvgIpc) is 3.10. The molecule has 4 rings (SSSR count). The lowest BCUT2D eigenvalue weighted by Gasteiger charge is -2.16. The van der Waals surface area contributed by atoms with Crippen LogP contribution in [0.15, 0.2) is 102 Å². The van der Waals surface area contributed by atoms with Crippen LogP contribution in [0.5, 0.6) is 0 Å². The number of nitrogens with zero attached hydrogens (tertiary/aromatic N) is 3. The molecule has 0 N–H and O–H groups in total. The van der Waals surface area contributed by atoms with Gasteiger partial charge >= 0.3 is 0 Å². The highest BCUT2D eigenvalue weighted by molar-refractivity contribution is 6.10. The number of hydrogen-bond donors (Lipinski definition) is 0. The molecule has 0 saturated carbocycles. The first-order chi connectivity index (χ1) is 12.9. The van der Waals surface area contributed by atoms with Crippen LogP contribution < -0.4 is 0 Å². The second kappa shape index (κ2) is 7.14. The molecule has 1 unspecified atom stereocenters. The van der Waals surface area contributed by atoms with Crippen molar-refractivity contribution < 1.29 is 0 Å². The summed E-state index contributed by atoms with van der Waals surface area (Å²) in [7, 11) is 0. The fourth-order valence-electron chi connectivity index (χ4n) is 3.45. The van der Waals surface area contributed by atoms with E-state index in [0.29, 0.717) is 0 Å². The summed E-state index contributed by atoms with van der Waals surface area (Å²) in [6.45, 7) is 0. The summed E-state index contributed by atoms with van der Waals surface area (Å²) in [5.74, 6) is 0. The largest absolute Gasteiger partial charge is 0.0894 e. The second-order valence-corrected chi connectivity index (χ2v) is 6.13. The third-order valence-electron chi connectivity index (χ3n) is 4.60. The molecule has 0 aliphatic heterocycles. The minimum absolute atomic E-state index is 0.347. The van der Waals surface area contributed by atoms with Crippen molar-refractivity contribution in [3.63, 3.8) is 0 Å². The fourth-order valence-corrected chi connectivity index (χ4v) is 3.45. The molecule has 3 aromatic rings. The summed E-state index contributed by atoms with van der Waals surface area (Å²) in [4.78, 5) is 3.15. The maximum Gasteiger partial charge on any atom is 0.0894 e. The molecule has 0 amide bonds. The van der Waals surface area contributed by atoms with E-state index in [4.69, 9.17) is 0 Å². The van der Waals surface area contributed by atoms with E-state index < -0.39 is 0 Å². The summed E-state index contributed by atoms with van der Waals surface area (Å²) in [6.07, 6.45) is 2.16. The van der Waals surface area contributed by atoms with Gasteiger partial charge in [0.05, 0.1) is 6.04 Å². The van der Waals surface area contributed by atoms with Gasteiger partial charge in [0.25, 0.3) is 0 Å². The number of allylic oxidation sites excluding steroid dienone is 2. The first-order valence-corrected chi connectivity index (χ1v) is 8.54. The van der Waals surface area contributed by atoms with Gasteiger partial charge in [-0.3, -0.25) is 0 Å². The highest BCUT2D eigenvalue weighted by Gasteiger charge is 2.29. The van der Waals surface area contributed by atoms with Gasteiger partial charge in [0.1, 0.15) is 0 Å². The van der Waals surface area contributed by atoms with Crippen LogP contribution in [0.1, 0.15) is 16.7 Å². The van der Waals surface area contributed by atoms with E-state index >= 15 is 0 Å². The Hall–Kier alpha value is -3.55. The molecule has 1 atom stereocenters. The number of rotatable bonds is 4. The smallest absolute Gasteiger partial charge is 0.0811 e. The molecule has 26 heavy (non-hydrogen) atoms. The van der Waals surface area contributed by atoms with E-state index in [-0.39, 0.29) is 6.04 Å². The lowest BCUT2D eigenvalue weighted by Crippen LogP contribution is -2.06. The third-order valence-corrected chi connectivity index (χ3v) is 4.60. The Kier molecular flexibility index (Phi) is 4.38. The maximum absolute atomic E-state index is 9.22. The Bertz CT molecular complexity index is 1010. The molecular formula is C23H17N3. The molecule has 0 aromatic heterocycles. The predicted octanol–water partition coefficient (Wildman–Crippen LogP) is 6.37. The lowest BCUT2D eigenvalue weighted by atomic mass is 9.92. The molecule has 3 nitrogen and oxygen atoms in total. The predicted molar refractivity (Wildman–Crippen MR) is 107 cm³/mol. The quantitative estimate of drug-likeness (QED) is 0.302. The number of benzene rings is 3. The topological polar surface area (TPSA) is 48.8 Å². The van der Waals surface area contributed by atoms with Crippen molar-refractivity contribution in [2.75, 3.05) is 0 Å². The minimum Gasteiger partial charge on any atom is -0.0811 e. The second-order valence-electron chi connectivity index (χ2n) is 6.13. The van der Waals surface area contributed by atoms with Crippen molar-refractivity contribution in [3.05, 3.63) is 124 Å². The molecule has 3 aromatic carbocycles. The van der Waals surface area contributed by atoms with E-state index in [0.717, 1.165) is 33.4 Å². The van der Waals surface area contributed by atoms with Crippen LogP contribution in [0.4, 0.5) is 0 Å². The van der Waals surface area contributed by atoms with E-state index in [1.54, 1.807) is 0 Å². The highest BCUT2D eigenvalue weighted by Crippen LogP contribution is 2.44. The Balaban J connectivity index is 1.96. The molecule has 0 radical (unpaired) electrons. The van der Waals surface area contributed by atoms with Gasteiger partial charge in [-0.05, 0) is 45.0 Å². The van der Waals surface area contributed by atoms with Crippen molar-refractivity contribution in [2.45, 2.75) is 6.04 Å². The highest BCUT2D eigenvalue weighted by atomic mass is 15.2. The summed E-state index contributed by atoms with van der Waals surface area (Å²) in [6, 6.07) is 30.2. The van der Waals surface area contributed by atoms with E-state index in [1.807, 2.05) is 54.6 Å². The molecule has 3 heteroatoms. The molecule has 0 heterocycles. The Morgan fingerprint density at radius 1 is 0.654 bits per heavy atom. The van der Waals surface area contributed by atoms with Crippen molar-refractivity contribution >= 4 is 16.7 Å². The van der Waals surface area contributed by atoms with E-state index in [1.165, 1.54) is 0 Å². The number of hydrogen-bond acceptors (Lipinski definition) is 1. The standard InChI is InChI=1S/C23H17N3/c24-26-25-23-21(18-12-6-2-7-13-18)16-20(17-10-4-1-5-11-17)22(23)19-14-8-3-9-15-19/h1-16,23H. The van der Waals surface area contributed by atoms with Crippen molar-refractivity contribution in [3.8, 4) is 0 Å².